The normalized spacial score (nSPS) is 17.4. The molecule has 0 heterocycles. The van der Waals surface area contributed by atoms with Crippen LogP contribution in [0.3, 0.4) is 0 Å². The minimum Gasteiger partial charge on any atom is -0.490 e. The molecule has 2 aliphatic carbocycles. The highest BCUT2D eigenvalue weighted by Crippen LogP contribution is 2.32. The van der Waals surface area contributed by atoms with E-state index in [1.165, 1.54) is 12.8 Å². The molecule has 1 atom stereocenters. The molecule has 1 aromatic carbocycles. The van der Waals surface area contributed by atoms with Crippen molar-refractivity contribution in [2.45, 2.75) is 84.5 Å². The number of ether oxygens (including phenoxy) is 2. The molecule has 2 N–H and O–H groups in total. The van der Waals surface area contributed by atoms with Gasteiger partial charge in [-0.15, -0.1) is 11.8 Å². The van der Waals surface area contributed by atoms with Crippen molar-refractivity contribution in [3.05, 3.63) is 94.0 Å². The summed E-state index contributed by atoms with van der Waals surface area (Å²) < 4.78 is 11.9. The van der Waals surface area contributed by atoms with E-state index in [1.807, 2.05) is 39.0 Å². The molecule has 0 aliphatic heterocycles. The molecule has 1 fully saturated rings. The van der Waals surface area contributed by atoms with Crippen LogP contribution in [-0.4, -0.2) is 42.2 Å². The second-order valence-electron chi connectivity index (χ2n) is 10.7. The SMILES string of the molecule is C=C(NCC1=C(/C(=C/C=C/C)SC)C=CCC(CC(OC(C)C)C(=O)O)=C1)c1ccc(OC2CCCC2)cc1C. The number of carbonyl (C=O) groups is 1. The molecule has 0 bridgehead atoms. The lowest BCUT2D eigenvalue weighted by Crippen LogP contribution is -2.27. The molecule has 3 rings (SSSR count). The van der Waals surface area contributed by atoms with Crippen molar-refractivity contribution >= 4 is 23.4 Å². The van der Waals surface area contributed by atoms with E-state index in [-0.39, 0.29) is 6.10 Å². The Morgan fingerprint density at radius 1 is 1.27 bits per heavy atom. The van der Waals surface area contributed by atoms with Crippen LogP contribution >= 0.6 is 11.8 Å². The smallest absolute Gasteiger partial charge is 0.333 e. The van der Waals surface area contributed by atoms with Crippen LogP contribution in [-0.2, 0) is 9.53 Å². The molecule has 0 radical (unpaired) electrons. The van der Waals surface area contributed by atoms with Gasteiger partial charge in [-0.2, -0.15) is 0 Å². The third-order valence-corrected chi connectivity index (χ3v) is 7.89. The fourth-order valence-electron chi connectivity index (χ4n) is 5.10. The summed E-state index contributed by atoms with van der Waals surface area (Å²) in [6.07, 6.45) is 19.7. The van der Waals surface area contributed by atoms with Crippen molar-refractivity contribution < 1.29 is 19.4 Å². The largest absolute Gasteiger partial charge is 0.490 e. The Balaban J connectivity index is 1.85. The second kappa shape index (κ2) is 15.7. The zero-order valence-electron chi connectivity index (χ0n) is 24.7. The Labute approximate surface area is 244 Å². The molecule has 0 saturated heterocycles. The first-order valence-corrected chi connectivity index (χ1v) is 15.5. The molecule has 2 aliphatic rings. The van der Waals surface area contributed by atoms with Gasteiger partial charge in [0, 0.05) is 29.1 Å². The number of thioether (sulfide) groups is 1. The van der Waals surface area contributed by atoms with Crippen molar-refractivity contribution in [1.29, 1.82) is 0 Å². The van der Waals surface area contributed by atoms with Crippen LogP contribution in [0.2, 0.25) is 0 Å². The van der Waals surface area contributed by atoms with E-state index in [2.05, 4.69) is 61.5 Å². The number of hydrogen-bond acceptors (Lipinski definition) is 5. The number of carboxylic acids is 1. The van der Waals surface area contributed by atoms with Gasteiger partial charge in [0.15, 0.2) is 6.10 Å². The Bertz CT molecular complexity index is 1200. The number of carboxylic acid groups (broad SMARTS) is 1. The zero-order chi connectivity index (χ0) is 29.1. The Morgan fingerprint density at radius 2 is 2.02 bits per heavy atom. The van der Waals surface area contributed by atoms with Crippen LogP contribution in [0.15, 0.2) is 82.9 Å². The Morgan fingerprint density at radius 3 is 2.65 bits per heavy atom. The third-order valence-electron chi connectivity index (χ3n) is 7.09. The summed E-state index contributed by atoms with van der Waals surface area (Å²) in [5.41, 5.74) is 6.25. The molecule has 1 aromatic rings. The molecule has 6 heteroatoms. The van der Waals surface area contributed by atoms with Crippen LogP contribution in [0, 0.1) is 6.92 Å². The van der Waals surface area contributed by atoms with E-state index in [4.69, 9.17) is 9.47 Å². The van der Waals surface area contributed by atoms with Gasteiger partial charge in [-0.3, -0.25) is 0 Å². The van der Waals surface area contributed by atoms with Gasteiger partial charge in [0.25, 0.3) is 0 Å². The number of hydrogen-bond donors (Lipinski definition) is 2. The standard InChI is InChI=1S/C34H45NO4S/c1-7-8-16-33(40-6)31-15-11-12-26(21-32(34(36)37)38-23(2)3)20-27(31)22-35-25(5)30-18-17-29(19-24(30)4)39-28-13-9-10-14-28/h7-8,11,15-20,23,28,32,35H,5,9-10,12-14,21-22H2,1-4,6H3,(H,36,37)/b8-7+,33-16-. The summed E-state index contributed by atoms with van der Waals surface area (Å²) in [5.74, 6) is -0.0172. The number of allylic oxidation sites excluding steroid dienone is 6. The minimum absolute atomic E-state index is 0.163. The molecule has 0 aromatic heterocycles. The summed E-state index contributed by atoms with van der Waals surface area (Å²) in [5, 5.41) is 13.3. The first-order chi connectivity index (χ1) is 19.2. The quantitative estimate of drug-likeness (QED) is 0.223. The summed E-state index contributed by atoms with van der Waals surface area (Å²) in [6, 6.07) is 6.22. The monoisotopic (exact) mass is 563 g/mol. The van der Waals surface area contributed by atoms with Gasteiger partial charge in [0.05, 0.1) is 12.2 Å². The number of rotatable bonds is 14. The summed E-state index contributed by atoms with van der Waals surface area (Å²) in [4.78, 5) is 13.0. The molecular formula is C34H45NO4S. The fraction of sp³-hybridized carbons (Fsp3) is 0.441. The average Bonchev–Trinajstić information content (AvgIpc) is 3.34. The zero-order valence-corrected chi connectivity index (χ0v) is 25.5. The molecule has 216 valence electrons. The first-order valence-electron chi connectivity index (χ1n) is 14.3. The molecular weight excluding hydrogens is 518 g/mol. The van der Waals surface area contributed by atoms with Crippen LogP contribution in [0.1, 0.15) is 70.4 Å². The number of benzene rings is 1. The molecule has 0 amide bonds. The minimum atomic E-state index is -0.936. The van der Waals surface area contributed by atoms with Crippen LogP contribution in [0.4, 0.5) is 0 Å². The lowest BCUT2D eigenvalue weighted by atomic mass is 10.0. The summed E-state index contributed by atoms with van der Waals surface area (Å²) in [6.45, 7) is 12.7. The lowest BCUT2D eigenvalue weighted by Gasteiger charge is -2.19. The van der Waals surface area contributed by atoms with Crippen molar-refractivity contribution in [3.8, 4) is 5.75 Å². The number of nitrogens with one attached hydrogen (secondary N) is 1. The fourth-order valence-corrected chi connectivity index (χ4v) is 5.74. The summed E-state index contributed by atoms with van der Waals surface area (Å²) >= 11 is 1.69. The van der Waals surface area contributed by atoms with Gasteiger partial charge >= 0.3 is 5.97 Å². The highest BCUT2D eigenvalue weighted by Gasteiger charge is 2.22. The molecule has 5 nitrogen and oxygen atoms in total. The van der Waals surface area contributed by atoms with E-state index in [0.29, 0.717) is 25.5 Å². The Kier molecular flexibility index (Phi) is 12.4. The molecule has 40 heavy (non-hydrogen) atoms. The second-order valence-corrected chi connectivity index (χ2v) is 11.5. The molecule has 1 saturated carbocycles. The van der Waals surface area contributed by atoms with Gasteiger partial charge in [-0.05, 0) is 107 Å². The van der Waals surface area contributed by atoms with Crippen molar-refractivity contribution in [2.75, 3.05) is 12.8 Å². The predicted octanol–water partition coefficient (Wildman–Crippen LogP) is 8.15. The van der Waals surface area contributed by atoms with Crippen molar-refractivity contribution in [3.63, 3.8) is 0 Å². The van der Waals surface area contributed by atoms with E-state index < -0.39 is 12.1 Å². The maximum absolute atomic E-state index is 11.9. The van der Waals surface area contributed by atoms with Gasteiger partial charge in [0.2, 0.25) is 0 Å². The van der Waals surface area contributed by atoms with Crippen LogP contribution in [0.5, 0.6) is 5.75 Å². The predicted molar refractivity (Wildman–Crippen MR) is 169 cm³/mol. The van der Waals surface area contributed by atoms with Gasteiger partial charge in [-0.25, -0.2) is 4.79 Å². The third kappa shape index (κ3) is 9.31. The van der Waals surface area contributed by atoms with Crippen LogP contribution in [0.25, 0.3) is 5.70 Å². The van der Waals surface area contributed by atoms with E-state index in [1.54, 1.807) is 11.8 Å². The molecule has 1 unspecified atom stereocenters. The lowest BCUT2D eigenvalue weighted by molar-refractivity contribution is -0.153. The van der Waals surface area contributed by atoms with Crippen LogP contribution < -0.4 is 10.1 Å². The van der Waals surface area contributed by atoms with Crippen molar-refractivity contribution in [2.24, 2.45) is 0 Å². The van der Waals surface area contributed by atoms with E-state index in [0.717, 1.165) is 57.0 Å². The maximum Gasteiger partial charge on any atom is 0.333 e. The highest BCUT2D eigenvalue weighted by molar-refractivity contribution is 8.02. The van der Waals surface area contributed by atoms with Crippen molar-refractivity contribution in [1.82, 2.24) is 5.32 Å². The number of aliphatic carboxylic acids is 1. The van der Waals surface area contributed by atoms with Gasteiger partial charge < -0.3 is 19.9 Å². The summed E-state index contributed by atoms with van der Waals surface area (Å²) in [7, 11) is 0. The molecule has 0 spiro atoms. The van der Waals surface area contributed by atoms with E-state index >= 15 is 0 Å². The van der Waals surface area contributed by atoms with Gasteiger partial charge in [0.1, 0.15) is 5.75 Å². The van der Waals surface area contributed by atoms with E-state index in [9.17, 15) is 9.90 Å². The Hall–Kier alpha value is -2.96. The first kappa shape index (κ1) is 31.6. The maximum atomic E-state index is 11.9. The highest BCUT2D eigenvalue weighted by atomic mass is 32.2. The van der Waals surface area contributed by atoms with Gasteiger partial charge in [-0.1, -0.05) is 42.5 Å². The average molecular weight is 564 g/mol. The topological polar surface area (TPSA) is 67.8 Å². The number of aryl methyl sites for hydroxylation is 1.